The average molecular weight is 1180 g/mol. The number of nitrogens with zero attached hydrogens (tertiary/aromatic N) is 2. The number of aliphatic imine (C=N–C) groups is 1. The minimum Gasteiger partial charge on any atom is -0.480 e. The van der Waals surface area contributed by atoms with Crippen molar-refractivity contribution < 1.29 is 58.2 Å². The standard InChI is InChI=1S/C54H82N16O12S/c55-22-8-6-17-36(46(74)63-37(18-7-9-23-56)47(75)67-40(53(81)82)26-31-12-2-1-3-13-31)64-48(76)38(20-21-44(58)72)65-50(78)42(30-83)69-49(77)41(29-71)68-51(79)43-19-11-25-70(43)52(80)39(27-32-28-62-35-16-5-4-14-33(32)35)66-45(73)34(57)15-10-24-61-54(59)60/h1-5,12-14,16,28,34,36-43,62,71,83H,6-11,15,17-27,29-30,55-57H2,(H2,58,72)(H,63,74)(H,64,76)(H,65,78)(H,66,73)(H,67,75)(H,68,79)(H,69,77)(H,81,82)(H4,59,60,61)/t34-,36-,37-,38-,39-,40-,41-,42-,43-/m0/s1. The molecule has 1 fully saturated rings. The fourth-order valence-corrected chi connectivity index (χ4v) is 9.56. The van der Waals surface area contributed by atoms with E-state index >= 15 is 0 Å². The van der Waals surface area contributed by atoms with E-state index in [1.807, 2.05) is 24.3 Å². The molecule has 1 aliphatic heterocycles. The number of carboxylic acids is 1. The lowest BCUT2D eigenvalue weighted by atomic mass is 10.0. The van der Waals surface area contributed by atoms with Gasteiger partial charge in [0, 0.05) is 55.2 Å². The molecular weight excluding hydrogens is 1100 g/mol. The second kappa shape index (κ2) is 35.2. The number of rotatable bonds is 37. The van der Waals surface area contributed by atoms with Crippen LogP contribution in [-0.2, 0) is 60.8 Å². The molecule has 0 saturated carbocycles. The SMILES string of the molecule is NCCCC[C@H](NC(=O)[C@H](CCCCN)NC(=O)[C@H](CCC(N)=O)NC(=O)[C@H](CS)NC(=O)[C@H](CO)NC(=O)[C@@H]1CCCN1C(=O)[C@H](Cc1c[nH]c2ccccc12)NC(=O)[C@@H](N)CCCN=C(N)N)C(=O)N[C@@H](Cc1ccccc1)C(=O)O. The van der Waals surface area contributed by atoms with Gasteiger partial charge in [0.15, 0.2) is 5.96 Å². The van der Waals surface area contributed by atoms with Crippen molar-refractivity contribution in [3.63, 3.8) is 0 Å². The molecule has 22 N–H and O–H groups in total. The number of para-hydroxylation sites is 1. The molecule has 4 rings (SSSR count). The van der Waals surface area contributed by atoms with Gasteiger partial charge in [-0.2, -0.15) is 12.6 Å². The monoisotopic (exact) mass is 1180 g/mol. The van der Waals surface area contributed by atoms with E-state index in [9.17, 15) is 58.2 Å². The maximum absolute atomic E-state index is 14.5. The number of aromatic amines is 1. The van der Waals surface area contributed by atoms with E-state index in [1.54, 1.807) is 36.5 Å². The van der Waals surface area contributed by atoms with Crippen molar-refractivity contribution in [2.24, 2.45) is 39.4 Å². The first-order valence-corrected chi connectivity index (χ1v) is 28.3. The summed E-state index contributed by atoms with van der Waals surface area (Å²) < 4.78 is 0. The summed E-state index contributed by atoms with van der Waals surface area (Å²) in [4.78, 5) is 144. The van der Waals surface area contributed by atoms with Crippen molar-refractivity contribution in [2.45, 2.75) is 144 Å². The van der Waals surface area contributed by atoms with Gasteiger partial charge in [-0.15, -0.1) is 0 Å². The number of aliphatic hydroxyl groups excluding tert-OH is 1. The molecule has 28 nitrogen and oxygen atoms in total. The number of likely N-dealkylation sites (tertiary alicyclic amines) is 1. The van der Waals surface area contributed by atoms with Gasteiger partial charge in [0.25, 0.3) is 0 Å². The van der Waals surface area contributed by atoms with Gasteiger partial charge in [-0.1, -0.05) is 48.5 Å². The largest absolute Gasteiger partial charge is 0.480 e. The normalized spacial score (nSPS) is 15.9. The summed E-state index contributed by atoms with van der Waals surface area (Å²) in [6.07, 6.45) is 3.53. The van der Waals surface area contributed by atoms with Crippen LogP contribution in [-0.4, -0.2) is 178 Å². The van der Waals surface area contributed by atoms with E-state index in [0.29, 0.717) is 49.7 Å². The third-order valence-corrected chi connectivity index (χ3v) is 14.2. The number of nitrogens with one attached hydrogen (secondary N) is 8. The molecule has 0 spiro atoms. The van der Waals surface area contributed by atoms with Gasteiger partial charge in [0.1, 0.15) is 48.3 Å². The Kier molecular flexibility index (Phi) is 28.7. The van der Waals surface area contributed by atoms with Gasteiger partial charge in [-0.3, -0.25) is 48.1 Å². The number of carbonyl (C=O) groups excluding carboxylic acids is 9. The first-order valence-electron chi connectivity index (χ1n) is 27.7. The molecule has 1 aliphatic rings. The van der Waals surface area contributed by atoms with E-state index in [1.165, 1.54) is 4.90 Å². The number of hydrogen-bond acceptors (Lipinski definition) is 16. The number of amides is 9. The third kappa shape index (κ3) is 22.1. The second-order valence-corrected chi connectivity index (χ2v) is 20.6. The zero-order chi connectivity index (χ0) is 61.0. The van der Waals surface area contributed by atoms with E-state index in [-0.39, 0.29) is 77.1 Å². The number of guanidine groups is 1. The maximum atomic E-state index is 14.5. The molecule has 0 aliphatic carbocycles. The summed E-state index contributed by atoms with van der Waals surface area (Å²) in [5, 5.41) is 39.0. The van der Waals surface area contributed by atoms with E-state index in [2.05, 4.69) is 59.8 Å². The number of nitrogens with two attached hydrogens (primary N) is 6. The van der Waals surface area contributed by atoms with Gasteiger partial charge < -0.3 is 91.7 Å². The highest BCUT2D eigenvalue weighted by Crippen LogP contribution is 2.23. The fourth-order valence-electron chi connectivity index (χ4n) is 9.30. The molecule has 0 bridgehead atoms. The molecule has 83 heavy (non-hydrogen) atoms. The minimum atomic E-state index is -1.68. The second-order valence-electron chi connectivity index (χ2n) is 20.2. The van der Waals surface area contributed by atoms with Gasteiger partial charge in [-0.05, 0) is 101 Å². The number of aliphatic hydroxyl groups is 1. The topological polar surface area (TPSA) is 483 Å². The molecule has 2 heterocycles. The highest BCUT2D eigenvalue weighted by Gasteiger charge is 2.40. The molecule has 1 aromatic heterocycles. The number of unbranched alkanes of at least 4 members (excludes halogenated alkanes) is 2. The van der Waals surface area contributed by atoms with Crippen LogP contribution in [0.15, 0.2) is 65.8 Å². The van der Waals surface area contributed by atoms with E-state index in [0.717, 1.165) is 10.9 Å². The van der Waals surface area contributed by atoms with Crippen molar-refractivity contribution in [1.29, 1.82) is 0 Å². The molecule has 1 saturated heterocycles. The number of aromatic nitrogens is 1. The molecule has 9 amide bonds. The predicted molar refractivity (Wildman–Crippen MR) is 311 cm³/mol. The summed E-state index contributed by atoms with van der Waals surface area (Å²) in [6.45, 7) is -0.152. The molecule has 3 aromatic rings. The van der Waals surface area contributed by atoms with Crippen molar-refractivity contribution in [3.05, 3.63) is 71.9 Å². The molecule has 2 aromatic carbocycles. The molecule has 29 heteroatoms. The summed E-state index contributed by atoms with van der Waals surface area (Å²) in [7, 11) is 0. The summed E-state index contributed by atoms with van der Waals surface area (Å²) in [5.41, 5.74) is 36.0. The van der Waals surface area contributed by atoms with Crippen LogP contribution in [0.1, 0.15) is 88.2 Å². The minimum absolute atomic E-state index is 0.00889. The smallest absolute Gasteiger partial charge is 0.326 e. The van der Waals surface area contributed by atoms with Crippen LogP contribution < -0.4 is 71.6 Å². The van der Waals surface area contributed by atoms with Crippen LogP contribution in [0.5, 0.6) is 0 Å². The quantitative estimate of drug-likeness (QED) is 0.0114. The fraction of sp³-hybridized carbons (Fsp3) is 0.537. The maximum Gasteiger partial charge on any atom is 0.326 e. The Morgan fingerprint density at radius 2 is 1.18 bits per heavy atom. The van der Waals surface area contributed by atoms with Gasteiger partial charge in [-0.25, -0.2) is 4.79 Å². The van der Waals surface area contributed by atoms with Crippen LogP contribution in [0.3, 0.4) is 0 Å². The van der Waals surface area contributed by atoms with Crippen molar-refractivity contribution in [2.75, 3.05) is 38.5 Å². The number of hydrogen-bond donors (Lipinski definition) is 17. The lowest BCUT2D eigenvalue weighted by Crippen LogP contribution is -2.61. The zero-order valence-corrected chi connectivity index (χ0v) is 47.3. The van der Waals surface area contributed by atoms with Gasteiger partial charge in [0.2, 0.25) is 53.2 Å². The summed E-state index contributed by atoms with van der Waals surface area (Å²) >= 11 is 4.23. The van der Waals surface area contributed by atoms with Crippen LogP contribution in [0.2, 0.25) is 0 Å². The molecule has 0 unspecified atom stereocenters. The Bertz CT molecular complexity index is 2690. The number of carbonyl (C=O) groups is 10. The first-order chi connectivity index (χ1) is 39.7. The number of fused-ring (bicyclic) bond motifs is 1. The highest BCUT2D eigenvalue weighted by molar-refractivity contribution is 7.80. The molecule has 9 atom stereocenters. The Morgan fingerprint density at radius 1 is 0.639 bits per heavy atom. The Balaban J connectivity index is 1.47. The van der Waals surface area contributed by atoms with Crippen LogP contribution in [0, 0.1) is 0 Å². The number of thiol groups is 1. The number of primary amides is 1. The van der Waals surface area contributed by atoms with Gasteiger partial charge in [0.05, 0.1) is 12.6 Å². The number of carboxylic acid groups (broad SMARTS) is 1. The molecule has 0 radical (unpaired) electrons. The van der Waals surface area contributed by atoms with Crippen LogP contribution in [0.25, 0.3) is 10.9 Å². The zero-order valence-electron chi connectivity index (χ0n) is 46.4. The highest BCUT2D eigenvalue weighted by atomic mass is 32.1. The van der Waals surface area contributed by atoms with Crippen LogP contribution >= 0.6 is 12.6 Å². The first kappa shape index (κ1) is 67.6. The summed E-state index contributed by atoms with van der Waals surface area (Å²) in [6, 6.07) is 3.78. The number of H-pyrrole nitrogens is 1. The van der Waals surface area contributed by atoms with E-state index in [4.69, 9.17) is 34.4 Å². The van der Waals surface area contributed by atoms with Crippen molar-refractivity contribution in [3.8, 4) is 0 Å². The Labute approximate surface area is 486 Å². The van der Waals surface area contributed by atoms with Crippen LogP contribution in [0.4, 0.5) is 0 Å². The van der Waals surface area contributed by atoms with Gasteiger partial charge >= 0.3 is 5.97 Å². The predicted octanol–water partition coefficient (Wildman–Crippen LogP) is -3.75. The number of aliphatic carboxylic acids is 1. The van der Waals surface area contributed by atoms with Crippen molar-refractivity contribution in [1.82, 2.24) is 47.1 Å². The average Bonchev–Trinajstić information content (AvgIpc) is 4.13. The lowest BCUT2D eigenvalue weighted by molar-refractivity contribution is -0.142. The van der Waals surface area contributed by atoms with E-state index < -0.39 is 132 Å². The lowest BCUT2D eigenvalue weighted by Gasteiger charge is -2.30. The molecular formula is C54H82N16O12S. The Hall–Kier alpha value is -7.86. The number of benzene rings is 2. The van der Waals surface area contributed by atoms with Crippen molar-refractivity contribution >= 4 is 88.6 Å². The Morgan fingerprint density at radius 3 is 1.75 bits per heavy atom. The molecule has 456 valence electrons. The third-order valence-electron chi connectivity index (χ3n) is 13.9. The summed E-state index contributed by atoms with van der Waals surface area (Å²) in [5.74, 6) is -9.38.